The number of hydrogen-bond donors (Lipinski definition) is 1. The SMILES string of the molecule is CC1OCCC1C(N)C1CCCC1. The van der Waals surface area contributed by atoms with E-state index in [9.17, 15) is 0 Å². The molecule has 3 atom stereocenters. The molecule has 2 nitrogen and oxygen atoms in total. The zero-order valence-corrected chi connectivity index (χ0v) is 8.54. The Kier molecular flexibility index (Phi) is 2.89. The molecule has 1 heterocycles. The molecule has 13 heavy (non-hydrogen) atoms. The molecule has 0 aromatic rings. The predicted octanol–water partition coefficient (Wildman–Crippen LogP) is 1.93. The van der Waals surface area contributed by atoms with Gasteiger partial charge in [-0.1, -0.05) is 12.8 Å². The van der Waals surface area contributed by atoms with E-state index in [1.165, 1.54) is 32.1 Å². The molecule has 2 rings (SSSR count). The zero-order chi connectivity index (χ0) is 9.26. The molecule has 2 fully saturated rings. The summed E-state index contributed by atoms with van der Waals surface area (Å²) in [6.45, 7) is 3.10. The highest BCUT2D eigenvalue weighted by atomic mass is 16.5. The van der Waals surface area contributed by atoms with Gasteiger partial charge in [-0.25, -0.2) is 0 Å². The fourth-order valence-corrected chi connectivity index (χ4v) is 2.95. The predicted molar refractivity (Wildman–Crippen MR) is 53.5 cm³/mol. The van der Waals surface area contributed by atoms with Gasteiger partial charge in [0.05, 0.1) is 6.10 Å². The number of nitrogens with two attached hydrogens (primary N) is 1. The van der Waals surface area contributed by atoms with E-state index in [0.717, 1.165) is 12.5 Å². The maximum Gasteiger partial charge on any atom is 0.0590 e. The van der Waals surface area contributed by atoms with Crippen LogP contribution in [0.3, 0.4) is 0 Å². The molecule has 2 aliphatic rings. The van der Waals surface area contributed by atoms with E-state index in [0.29, 0.717) is 18.1 Å². The van der Waals surface area contributed by atoms with Crippen molar-refractivity contribution in [2.24, 2.45) is 17.6 Å². The van der Waals surface area contributed by atoms with E-state index in [2.05, 4.69) is 6.92 Å². The van der Waals surface area contributed by atoms with Crippen LogP contribution in [0.2, 0.25) is 0 Å². The summed E-state index contributed by atoms with van der Waals surface area (Å²) in [5.41, 5.74) is 6.29. The van der Waals surface area contributed by atoms with Crippen molar-refractivity contribution < 1.29 is 4.74 Å². The van der Waals surface area contributed by atoms with Gasteiger partial charge in [0.1, 0.15) is 0 Å². The highest BCUT2D eigenvalue weighted by Crippen LogP contribution is 2.34. The van der Waals surface area contributed by atoms with Crippen LogP contribution in [0.5, 0.6) is 0 Å². The topological polar surface area (TPSA) is 35.2 Å². The van der Waals surface area contributed by atoms with Gasteiger partial charge in [-0.15, -0.1) is 0 Å². The minimum absolute atomic E-state index is 0.399. The molecule has 0 radical (unpaired) electrons. The van der Waals surface area contributed by atoms with Crippen LogP contribution < -0.4 is 5.73 Å². The molecule has 2 N–H and O–H groups in total. The molecule has 0 aromatic carbocycles. The van der Waals surface area contributed by atoms with Crippen LogP contribution in [0.4, 0.5) is 0 Å². The Morgan fingerprint density at radius 3 is 2.46 bits per heavy atom. The first-order chi connectivity index (χ1) is 6.29. The molecule has 0 amide bonds. The van der Waals surface area contributed by atoms with Crippen molar-refractivity contribution in [1.29, 1.82) is 0 Å². The van der Waals surface area contributed by atoms with Crippen LogP contribution in [0, 0.1) is 11.8 Å². The molecular formula is C11H21NO. The van der Waals surface area contributed by atoms with E-state index in [1.54, 1.807) is 0 Å². The van der Waals surface area contributed by atoms with Crippen molar-refractivity contribution in [1.82, 2.24) is 0 Å². The first-order valence-electron chi connectivity index (χ1n) is 5.66. The number of hydrogen-bond acceptors (Lipinski definition) is 2. The van der Waals surface area contributed by atoms with E-state index in [4.69, 9.17) is 10.5 Å². The maximum absolute atomic E-state index is 6.29. The van der Waals surface area contributed by atoms with Crippen molar-refractivity contribution in [3.05, 3.63) is 0 Å². The summed E-state index contributed by atoms with van der Waals surface area (Å²) in [4.78, 5) is 0. The van der Waals surface area contributed by atoms with Gasteiger partial charge in [-0.3, -0.25) is 0 Å². The highest BCUT2D eigenvalue weighted by Gasteiger charge is 2.34. The maximum atomic E-state index is 6.29. The van der Waals surface area contributed by atoms with Gasteiger partial charge < -0.3 is 10.5 Å². The molecule has 1 aliphatic carbocycles. The fourth-order valence-electron chi connectivity index (χ4n) is 2.95. The number of rotatable bonds is 2. The molecule has 0 aromatic heterocycles. The van der Waals surface area contributed by atoms with E-state index >= 15 is 0 Å². The Morgan fingerprint density at radius 2 is 1.92 bits per heavy atom. The van der Waals surface area contributed by atoms with Gasteiger partial charge in [0.25, 0.3) is 0 Å². The van der Waals surface area contributed by atoms with Gasteiger partial charge in [-0.05, 0) is 32.1 Å². The van der Waals surface area contributed by atoms with Crippen molar-refractivity contribution in [2.75, 3.05) is 6.61 Å². The first-order valence-corrected chi connectivity index (χ1v) is 5.66. The Morgan fingerprint density at radius 1 is 1.23 bits per heavy atom. The third-order valence-corrected chi connectivity index (χ3v) is 3.87. The van der Waals surface area contributed by atoms with Crippen LogP contribution in [-0.2, 0) is 4.74 Å². The summed E-state index contributed by atoms with van der Waals surface area (Å²) in [5.74, 6) is 1.41. The van der Waals surface area contributed by atoms with E-state index in [-0.39, 0.29) is 0 Å². The summed E-state index contributed by atoms with van der Waals surface area (Å²) >= 11 is 0. The van der Waals surface area contributed by atoms with Crippen molar-refractivity contribution >= 4 is 0 Å². The first kappa shape index (κ1) is 9.47. The normalized spacial score (nSPS) is 38.3. The van der Waals surface area contributed by atoms with Crippen LogP contribution in [0.1, 0.15) is 39.0 Å². The van der Waals surface area contributed by atoms with Gasteiger partial charge in [0.15, 0.2) is 0 Å². The lowest BCUT2D eigenvalue weighted by Crippen LogP contribution is -2.39. The Bertz CT molecular complexity index is 165. The van der Waals surface area contributed by atoms with Gasteiger partial charge in [0, 0.05) is 18.6 Å². The summed E-state index contributed by atoms with van der Waals surface area (Å²) in [6.07, 6.45) is 7.06. The van der Waals surface area contributed by atoms with Gasteiger partial charge in [0.2, 0.25) is 0 Å². The van der Waals surface area contributed by atoms with Crippen LogP contribution >= 0.6 is 0 Å². The lowest BCUT2D eigenvalue weighted by Gasteiger charge is -2.27. The minimum Gasteiger partial charge on any atom is -0.378 e. The Balaban J connectivity index is 1.91. The average Bonchev–Trinajstić information content (AvgIpc) is 2.72. The van der Waals surface area contributed by atoms with Gasteiger partial charge in [-0.2, -0.15) is 0 Å². The number of ether oxygens (including phenoxy) is 1. The quantitative estimate of drug-likeness (QED) is 0.710. The standard InChI is InChI=1S/C11H21NO/c1-8-10(6-7-13-8)11(12)9-4-2-3-5-9/h8-11H,2-7,12H2,1H3. The molecule has 76 valence electrons. The highest BCUT2D eigenvalue weighted by molar-refractivity contribution is 4.88. The lowest BCUT2D eigenvalue weighted by molar-refractivity contribution is 0.0930. The molecule has 1 saturated carbocycles. The molecule has 0 bridgehead atoms. The molecular weight excluding hydrogens is 162 g/mol. The van der Waals surface area contributed by atoms with Crippen LogP contribution in [0.15, 0.2) is 0 Å². The lowest BCUT2D eigenvalue weighted by atomic mass is 9.84. The summed E-state index contributed by atoms with van der Waals surface area (Å²) < 4.78 is 5.57. The fraction of sp³-hybridized carbons (Fsp3) is 1.00. The molecule has 2 heteroatoms. The Hall–Kier alpha value is -0.0800. The second-order valence-electron chi connectivity index (χ2n) is 4.65. The van der Waals surface area contributed by atoms with Crippen molar-refractivity contribution in [3.8, 4) is 0 Å². The second kappa shape index (κ2) is 3.97. The Labute approximate surface area is 80.8 Å². The largest absolute Gasteiger partial charge is 0.378 e. The summed E-state index contributed by atoms with van der Waals surface area (Å²) in [5, 5.41) is 0. The van der Waals surface area contributed by atoms with Crippen molar-refractivity contribution in [3.63, 3.8) is 0 Å². The van der Waals surface area contributed by atoms with Crippen LogP contribution in [-0.4, -0.2) is 18.8 Å². The second-order valence-corrected chi connectivity index (χ2v) is 4.65. The zero-order valence-electron chi connectivity index (χ0n) is 8.54. The third kappa shape index (κ3) is 1.89. The van der Waals surface area contributed by atoms with Gasteiger partial charge >= 0.3 is 0 Å². The van der Waals surface area contributed by atoms with Crippen molar-refractivity contribution in [2.45, 2.75) is 51.2 Å². The summed E-state index contributed by atoms with van der Waals surface area (Å²) in [7, 11) is 0. The molecule has 1 aliphatic heterocycles. The monoisotopic (exact) mass is 183 g/mol. The van der Waals surface area contributed by atoms with E-state index in [1.807, 2.05) is 0 Å². The third-order valence-electron chi connectivity index (χ3n) is 3.87. The molecule has 0 spiro atoms. The van der Waals surface area contributed by atoms with Crippen LogP contribution in [0.25, 0.3) is 0 Å². The average molecular weight is 183 g/mol. The smallest absolute Gasteiger partial charge is 0.0590 e. The minimum atomic E-state index is 0.399. The van der Waals surface area contributed by atoms with E-state index < -0.39 is 0 Å². The molecule has 3 unspecified atom stereocenters. The molecule has 1 saturated heterocycles. The summed E-state index contributed by atoms with van der Waals surface area (Å²) in [6, 6.07) is 0.403.